The van der Waals surface area contributed by atoms with Gasteiger partial charge in [0.1, 0.15) is 5.82 Å². The number of rotatable bonds is 5. The normalized spacial score (nSPS) is 22.5. The zero-order valence-corrected chi connectivity index (χ0v) is 12.1. The van der Waals surface area contributed by atoms with Gasteiger partial charge in [0.25, 0.3) is 0 Å². The molecule has 0 atom stereocenters. The molecule has 0 bridgehead atoms. The Hall–Kier alpha value is -1.01. The van der Waals surface area contributed by atoms with Crippen molar-refractivity contribution in [3.63, 3.8) is 0 Å². The summed E-state index contributed by atoms with van der Waals surface area (Å²) in [6.07, 6.45) is 2.52. The fraction of sp³-hybridized carbons (Fsp3) is 0.625. The first-order valence-electron chi connectivity index (χ1n) is 7.61. The van der Waals surface area contributed by atoms with E-state index in [0.29, 0.717) is 13.2 Å². The largest absolute Gasteiger partial charge is 0.381 e. The van der Waals surface area contributed by atoms with Gasteiger partial charge in [-0.2, -0.15) is 0 Å². The molecule has 2 aliphatic heterocycles. The van der Waals surface area contributed by atoms with E-state index in [0.717, 1.165) is 44.6 Å². The Kier molecular flexibility index (Phi) is 4.85. The smallest absolute Gasteiger partial charge is 0.159 e. The molecule has 3 rings (SSSR count). The van der Waals surface area contributed by atoms with E-state index in [2.05, 4.69) is 5.32 Å². The summed E-state index contributed by atoms with van der Waals surface area (Å²) in [4.78, 5) is 0. The lowest BCUT2D eigenvalue weighted by Gasteiger charge is -2.39. The summed E-state index contributed by atoms with van der Waals surface area (Å²) >= 11 is 0. The van der Waals surface area contributed by atoms with E-state index < -0.39 is 0 Å². The van der Waals surface area contributed by atoms with E-state index in [-0.39, 0.29) is 17.6 Å². The van der Waals surface area contributed by atoms with E-state index >= 15 is 0 Å². The molecule has 21 heavy (non-hydrogen) atoms. The van der Waals surface area contributed by atoms with Crippen molar-refractivity contribution in [1.82, 2.24) is 5.32 Å². The van der Waals surface area contributed by atoms with Gasteiger partial charge in [0, 0.05) is 31.7 Å². The second-order valence-electron chi connectivity index (χ2n) is 5.59. The summed E-state index contributed by atoms with van der Waals surface area (Å²) in [5.74, 6) is -0.200. The Bertz CT molecular complexity index is 439. The maximum absolute atomic E-state index is 13.2. The van der Waals surface area contributed by atoms with Crippen LogP contribution in [0.2, 0.25) is 0 Å². The number of halogens is 1. The highest BCUT2D eigenvalue weighted by atomic mass is 19.1. The van der Waals surface area contributed by atoms with Crippen molar-refractivity contribution in [1.29, 1.82) is 0 Å². The van der Waals surface area contributed by atoms with Gasteiger partial charge in [0.2, 0.25) is 0 Å². The van der Waals surface area contributed by atoms with Crippen LogP contribution in [0.4, 0.5) is 4.39 Å². The van der Waals surface area contributed by atoms with Crippen LogP contribution in [0.15, 0.2) is 24.3 Å². The molecule has 0 unspecified atom stereocenters. The van der Waals surface area contributed by atoms with E-state index in [1.165, 1.54) is 12.1 Å². The maximum Gasteiger partial charge on any atom is 0.159 e. The van der Waals surface area contributed by atoms with Gasteiger partial charge >= 0.3 is 0 Å². The lowest BCUT2D eigenvalue weighted by atomic mass is 9.82. The topological polar surface area (TPSA) is 39.7 Å². The fourth-order valence-corrected chi connectivity index (χ4v) is 3.06. The van der Waals surface area contributed by atoms with Gasteiger partial charge < -0.3 is 19.5 Å². The molecule has 0 aromatic heterocycles. The van der Waals surface area contributed by atoms with Crippen LogP contribution >= 0.6 is 0 Å². The van der Waals surface area contributed by atoms with Gasteiger partial charge in [0.05, 0.1) is 13.2 Å². The van der Waals surface area contributed by atoms with Crippen molar-refractivity contribution in [2.24, 2.45) is 0 Å². The average molecular weight is 295 g/mol. The van der Waals surface area contributed by atoms with Crippen LogP contribution in [0.5, 0.6) is 0 Å². The quantitative estimate of drug-likeness (QED) is 0.904. The monoisotopic (exact) mass is 295 g/mol. The Morgan fingerprint density at radius 2 is 1.71 bits per heavy atom. The zero-order chi connectivity index (χ0) is 14.5. The van der Waals surface area contributed by atoms with Crippen LogP contribution in [-0.4, -0.2) is 39.3 Å². The van der Waals surface area contributed by atoms with Crippen LogP contribution in [0.3, 0.4) is 0 Å². The molecule has 2 heterocycles. The molecule has 0 saturated carbocycles. The van der Waals surface area contributed by atoms with Crippen molar-refractivity contribution in [3.05, 3.63) is 35.6 Å². The fourth-order valence-electron chi connectivity index (χ4n) is 3.06. The van der Waals surface area contributed by atoms with Gasteiger partial charge in [-0.1, -0.05) is 12.1 Å². The Morgan fingerprint density at radius 3 is 2.38 bits per heavy atom. The summed E-state index contributed by atoms with van der Waals surface area (Å²) in [6.45, 7) is 3.62. The van der Waals surface area contributed by atoms with Crippen molar-refractivity contribution in [2.45, 2.75) is 31.1 Å². The van der Waals surface area contributed by atoms with Crippen molar-refractivity contribution < 1.29 is 18.6 Å². The Morgan fingerprint density at radius 1 is 1.05 bits per heavy atom. The van der Waals surface area contributed by atoms with Gasteiger partial charge in [-0.3, -0.25) is 0 Å². The second kappa shape index (κ2) is 6.83. The van der Waals surface area contributed by atoms with Crippen molar-refractivity contribution in [3.8, 4) is 0 Å². The Balaban J connectivity index is 1.65. The molecule has 5 heteroatoms. The van der Waals surface area contributed by atoms with Crippen molar-refractivity contribution >= 4 is 0 Å². The highest BCUT2D eigenvalue weighted by Crippen LogP contribution is 2.32. The van der Waals surface area contributed by atoms with E-state index in [1.807, 2.05) is 12.1 Å². The average Bonchev–Trinajstić information content (AvgIpc) is 3.02. The first kappa shape index (κ1) is 14.9. The number of ether oxygens (including phenoxy) is 3. The lowest BCUT2D eigenvalue weighted by Crippen LogP contribution is -2.47. The number of benzene rings is 1. The van der Waals surface area contributed by atoms with Crippen molar-refractivity contribution in [2.75, 3.05) is 33.0 Å². The van der Waals surface area contributed by atoms with Gasteiger partial charge in [0.15, 0.2) is 6.29 Å². The summed E-state index contributed by atoms with van der Waals surface area (Å²) in [5, 5.41) is 3.64. The predicted octanol–water partition coefficient (Wildman–Crippen LogP) is 2.18. The Labute approximate surface area is 124 Å². The SMILES string of the molecule is Fc1ccc(C2(NCCC3OCCO3)CCOCC2)cc1. The van der Waals surface area contributed by atoms with Crippen LogP contribution in [0.1, 0.15) is 24.8 Å². The van der Waals surface area contributed by atoms with Gasteiger partial charge in [-0.15, -0.1) is 0 Å². The zero-order valence-electron chi connectivity index (χ0n) is 12.1. The molecule has 1 aromatic carbocycles. The van der Waals surface area contributed by atoms with Crippen LogP contribution < -0.4 is 5.32 Å². The molecule has 0 radical (unpaired) electrons. The molecule has 0 spiro atoms. The molecule has 2 fully saturated rings. The van der Waals surface area contributed by atoms with E-state index in [4.69, 9.17) is 14.2 Å². The van der Waals surface area contributed by atoms with Gasteiger partial charge in [-0.25, -0.2) is 4.39 Å². The van der Waals surface area contributed by atoms with Gasteiger partial charge in [-0.05, 0) is 30.5 Å². The standard InChI is InChI=1S/C16H22FNO3/c17-14-3-1-13(2-4-14)16(6-9-19-10-7-16)18-8-5-15-20-11-12-21-15/h1-4,15,18H,5-12H2. The highest BCUT2D eigenvalue weighted by Gasteiger charge is 2.34. The van der Waals surface area contributed by atoms with E-state index in [9.17, 15) is 4.39 Å². The second-order valence-corrected chi connectivity index (χ2v) is 5.59. The first-order chi connectivity index (χ1) is 10.3. The third-order valence-electron chi connectivity index (χ3n) is 4.28. The summed E-state index contributed by atoms with van der Waals surface area (Å²) < 4.78 is 29.6. The summed E-state index contributed by atoms with van der Waals surface area (Å²) in [7, 11) is 0. The molecule has 1 aromatic rings. The lowest BCUT2D eigenvalue weighted by molar-refractivity contribution is -0.0486. The molecular formula is C16H22FNO3. The third kappa shape index (κ3) is 3.61. The molecule has 116 valence electrons. The van der Waals surface area contributed by atoms with E-state index in [1.54, 1.807) is 0 Å². The van der Waals surface area contributed by atoms with Crippen LogP contribution in [-0.2, 0) is 19.7 Å². The molecule has 2 saturated heterocycles. The summed E-state index contributed by atoms with van der Waals surface area (Å²) in [5.41, 5.74) is 0.991. The maximum atomic E-state index is 13.2. The minimum absolute atomic E-state index is 0.0948. The predicted molar refractivity (Wildman–Crippen MR) is 76.4 cm³/mol. The third-order valence-corrected chi connectivity index (χ3v) is 4.28. The highest BCUT2D eigenvalue weighted by molar-refractivity contribution is 5.25. The number of nitrogens with one attached hydrogen (secondary N) is 1. The minimum Gasteiger partial charge on any atom is -0.381 e. The van der Waals surface area contributed by atoms with Crippen LogP contribution in [0.25, 0.3) is 0 Å². The van der Waals surface area contributed by atoms with Crippen LogP contribution in [0, 0.1) is 5.82 Å². The molecule has 2 aliphatic rings. The first-order valence-corrected chi connectivity index (χ1v) is 7.61. The molecular weight excluding hydrogens is 273 g/mol. The number of hydrogen-bond acceptors (Lipinski definition) is 4. The minimum atomic E-state index is -0.200. The molecule has 1 N–H and O–H groups in total. The molecule has 0 amide bonds. The summed E-state index contributed by atoms with van der Waals surface area (Å²) in [6, 6.07) is 6.79. The number of hydrogen-bond donors (Lipinski definition) is 1. The molecule has 0 aliphatic carbocycles. The molecule has 4 nitrogen and oxygen atoms in total.